The van der Waals surface area contributed by atoms with Crippen molar-refractivity contribution >= 4 is 5.97 Å². The quantitative estimate of drug-likeness (QED) is 0.535. The molecule has 0 rings (SSSR count). The second-order valence-electron chi connectivity index (χ2n) is 1.73. The van der Waals surface area contributed by atoms with Gasteiger partial charge in [-0.25, -0.2) is 4.39 Å². The molecular formula is C5H10FNO2. The predicted molar refractivity (Wildman–Crippen MR) is 30.6 cm³/mol. The maximum absolute atomic E-state index is 12.1. The number of hydrogen-bond acceptors (Lipinski definition) is 3. The molecule has 0 aliphatic rings. The summed E-state index contributed by atoms with van der Waals surface area (Å²) < 4.78 is 16.3. The van der Waals surface area contributed by atoms with Crippen molar-refractivity contribution in [2.45, 2.75) is 19.1 Å². The fourth-order valence-corrected chi connectivity index (χ4v) is 0.324. The number of rotatable bonds is 2. The van der Waals surface area contributed by atoms with E-state index in [1.54, 1.807) is 0 Å². The molecule has 0 aromatic carbocycles. The molecule has 2 atom stereocenters. The lowest BCUT2D eigenvalue weighted by Gasteiger charge is -2.08. The van der Waals surface area contributed by atoms with Gasteiger partial charge in [0, 0.05) is 0 Å². The molecule has 0 radical (unpaired) electrons. The van der Waals surface area contributed by atoms with Crippen LogP contribution in [0.3, 0.4) is 0 Å². The first kappa shape index (κ1) is 8.36. The molecule has 0 aromatic rings. The third-order valence-electron chi connectivity index (χ3n) is 0.968. The minimum Gasteiger partial charge on any atom is -0.468 e. The number of esters is 1. The molecule has 0 saturated carbocycles. The van der Waals surface area contributed by atoms with Crippen molar-refractivity contribution < 1.29 is 13.9 Å². The lowest BCUT2D eigenvalue weighted by Crippen LogP contribution is -2.38. The standard InChI is InChI=1S/C5H10FNO2/c1-3(6)4(7)5(8)9-2/h3-4H,7H2,1-2H3/t3-,4-/m1/s1. The molecule has 2 N–H and O–H groups in total. The lowest BCUT2D eigenvalue weighted by molar-refractivity contribution is -0.143. The van der Waals surface area contributed by atoms with Crippen molar-refractivity contribution in [2.24, 2.45) is 5.73 Å². The molecule has 0 aromatic heterocycles. The summed E-state index contributed by atoms with van der Waals surface area (Å²) in [6.07, 6.45) is -1.35. The molecule has 0 spiro atoms. The fraction of sp³-hybridized carbons (Fsp3) is 0.800. The second kappa shape index (κ2) is 3.40. The van der Waals surface area contributed by atoms with E-state index in [4.69, 9.17) is 5.73 Å². The first-order chi connectivity index (χ1) is 4.09. The highest BCUT2D eigenvalue weighted by molar-refractivity contribution is 5.75. The summed E-state index contributed by atoms with van der Waals surface area (Å²) in [5.41, 5.74) is 5.02. The minimum absolute atomic E-state index is 0.718. The van der Waals surface area contributed by atoms with Crippen molar-refractivity contribution in [3.8, 4) is 0 Å². The highest BCUT2D eigenvalue weighted by Crippen LogP contribution is 1.95. The van der Waals surface area contributed by atoms with Gasteiger partial charge < -0.3 is 10.5 Å². The van der Waals surface area contributed by atoms with Gasteiger partial charge in [0.15, 0.2) is 0 Å². The smallest absolute Gasteiger partial charge is 0.325 e. The van der Waals surface area contributed by atoms with E-state index in [9.17, 15) is 9.18 Å². The van der Waals surface area contributed by atoms with Crippen LogP contribution in [0, 0.1) is 0 Å². The van der Waals surface area contributed by atoms with Gasteiger partial charge in [0.25, 0.3) is 0 Å². The molecule has 0 amide bonds. The van der Waals surface area contributed by atoms with Crippen LogP contribution in [0.25, 0.3) is 0 Å². The Bertz CT molecular complexity index is 105. The fourth-order valence-electron chi connectivity index (χ4n) is 0.324. The molecule has 0 bridgehead atoms. The molecule has 3 nitrogen and oxygen atoms in total. The summed E-state index contributed by atoms with van der Waals surface area (Å²) in [6.45, 7) is 1.21. The summed E-state index contributed by atoms with van der Waals surface area (Å²) in [6, 6.07) is -1.14. The Morgan fingerprint density at radius 3 is 2.33 bits per heavy atom. The van der Waals surface area contributed by atoms with E-state index in [-0.39, 0.29) is 0 Å². The molecule has 0 heterocycles. The number of methoxy groups -OCH3 is 1. The zero-order valence-electron chi connectivity index (χ0n) is 5.43. The van der Waals surface area contributed by atoms with Gasteiger partial charge in [-0.15, -0.1) is 0 Å². The number of carbonyl (C=O) groups excluding carboxylic acids is 1. The van der Waals surface area contributed by atoms with Gasteiger partial charge in [0.05, 0.1) is 7.11 Å². The van der Waals surface area contributed by atoms with E-state index >= 15 is 0 Å². The normalized spacial score (nSPS) is 16.4. The van der Waals surface area contributed by atoms with Crippen LogP contribution in [0.15, 0.2) is 0 Å². The van der Waals surface area contributed by atoms with Gasteiger partial charge in [-0.3, -0.25) is 4.79 Å². The molecule has 4 heteroatoms. The van der Waals surface area contributed by atoms with Gasteiger partial charge >= 0.3 is 5.97 Å². The maximum atomic E-state index is 12.1. The van der Waals surface area contributed by atoms with E-state index in [0.29, 0.717) is 0 Å². The minimum atomic E-state index is -1.35. The molecular weight excluding hydrogens is 125 g/mol. The van der Waals surface area contributed by atoms with Gasteiger partial charge in [-0.1, -0.05) is 0 Å². The number of halogens is 1. The van der Waals surface area contributed by atoms with Crippen molar-refractivity contribution in [1.82, 2.24) is 0 Å². The van der Waals surface area contributed by atoms with E-state index < -0.39 is 18.2 Å². The zero-order valence-corrected chi connectivity index (χ0v) is 5.43. The second-order valence-corrected chi connectivity index (χ2v) is 1.73. The summed E-state index contributed by atoms with van der Waals surface area (Å²) in [4.78, 5) is 10.4. The van der Waals surface area contributed by atoms with Crippen LogP contribution in [0.2, 0.25) is 0 Å². The van der Waals surface area contributed by atoms with E-state index in [1.165, 1.54) is 14.0 Å². The SMILES string of the molecule is COC(=O)[C@H](N)[C@@H](C)F. The molecule has 0 fully saturated rings. The van der Waals surface area contributed by atoms with Gasteiger partial charge in [-0.2, -0.15) is 0 Å². The summed E-state index contributed by atoms with van der Waals surface area (Å²) in [5, 5.41) is 0. The topological polar surface area (TPSA) is 52.3 Å². The number of carbonyl (C=O) groups is 1. The Balaban J connectivity index is 3.72. The van der Waals surface area contributed by atoms with Crippen molar-refractivity contribution in [2.75, 3.05) is 7.11 Å². The number of alkyl halides is 1. The Hall–Kier alpha value is -0.640. The Labute approximate surface area is 53.0 Å². The van der Waals surface area contributed by atoms with Gasteiger partial charge in [0.1, 0.15) is 12.2 Å². The number of ether oxygens (including phenoxy) is 1. The van der Waals surface area contributed by atoms with E-state index in [0.717, 1.165) is 0 Å². The largest absolute Gasteiger partial charge is 0.468 e. The van der Waals surface area contributed by atoms with Crippen molar-refractivity contribution in [3.63, 3.8) is 0 Å². The Kier molecular flexibility index (Phi) is 3.16. The van der Waals surface area contributed by atoms with E-state index in [2.05, 4.69) is 4.74 Å². The van der Waals surface area contributed by atoms with Crippen LogP contribution in [-0.2, 0) is 9.53 Å². The first-order valence-corrected chi connectivity index (χ1v) is 2.57. The van der Waals surface area contributed by atoms with Crippen LogP contribution in [-0.4, -0.2) is 25.3 Å². The first-order valence-electron chi connectivity index (χ1n) is 2.57. The number of nitrogens with two attached hydrogens (primary N) is 1. The predicted octanol–water partition coefficient (Wildman–Crippen LogP) is -0.155. The molecule has 9 heavy (non-hydrogen) atoms. The molecule has 0 unspecified atom stereocenters. The van der Waals surface area contributed by atoms with Crippen molar-refractivity contribution in [3.05, 3.63) is 0 Å². The average Bonchev–Trinajstić information content (AvgIpc) is 1.84. The zero-order chi connectivity index (χ0) is 7.44. The monoisotopic (exact) mass is 135 g/mol. The van der Waals surface area contributed by atoms with Crippen LogP contribution >= 0.6 is 0 Å². The number of hydrogen-bond donors (Lipinski definition) is 1. The summed E-state index contributed by atoms with van der Waals surface area (Å²) in [5.74, 6) is -0.718. The Morgan fingerprint density at radius 2 is 2.22 bits per heavy atom. The molecule has 0 aliphatic carbocycles. The average molecular weight is 135 g/mol. The highest BCUT2D eigenvalue weighted by Gasteiger charge is 2.20. The third kappa shape index (κ3) is 2.41. The van der Waals surface area contributed by atoms with Crippen molar-refractivity contribution in [1.29, 1.82) is 0 Å². The summed E-state index contributed by atoms with van der Waals surface area (Å²) >= 11 is 0. The summed E-state index contributed by atoms with van der Waals surface area (Å²) in [7, 11) is 1.17. The molecule has 0 aliphatic heterocycles. The molecule has 54 valence electrons. The van der Waals surface area contributed by atoms with Gasteiger partial charge in [0.2, 0.25) is 0 Å². The maximum Gasteiger partial charge on any atom is 0.325 e. The highest BCUT2D eigenvalue weighted by atomic mass is 19.1. The van der Waals surface area contributed by atoms with Crippen LogP contribution in [0.5, 0.6) is 0 Å². The van der Waals surface area contributed by atoms with Crippen LogP contribution < -0.4 is 5.73 Å². The van der Waals surface area contributed by atoms with E-state index in [1.807, 2.05) is 0 Å². The third-order valence-corrected chi connectivity index (χ3v) is 0.968. The lowest BCUT2D eigenvalue weighted by atomic mass is 10.2. The molecule has 0 saturated heterocycles. The Morgan fingerprint density at radius 1 is 1.78 bits per heavy atom. The van der Waals surface area contributed by atoms with Crippen LogP contribution in [0.4, 0.5) is 4.39 Å². The van der Waals surface area contributed by atoms with Crippen LogP contribution in [0.1, 0.15) is 6.92 Å². The van der Waals surface area contributed by atoms with Gasteiger partial charge in [-0.05, 0) is 6.92 Å².